The van der Waals surface area contributed by atoms with E-state index in [0.717, 1.165) is 13.0 Å². The van der Waals surface area contributed by atoms with Crippen molar-refractivity contribution in [3.05, 3.63) is 28.8 Å². The molecule has 0 aromatic heterocycles. The summed E-state index contributed by atoms with van der Waals surface area (Å²) >= 11 is 6.00. The second-order valence-corrected chi connectivity index (χ2v) is 4.03. The van der Waals surface area contributed by atoms with Gasteiger partial charge in [0.25, 0.3) is 5.91 Å². The molecule has 96 valence electrons. The molecule has 0 heterocycles. The Bertz CT molecular complexity index is 383. The Labute approximate surface area is 113 Å². The molecule has 3 nitrogen and oxygen atoms in total. The van der Waals surface area contributed by atoms with Crippen LogP contribution in [-0.2, 0) is 0 Å². The van der Waals surface area contributed by atoms with E-state index in [0.29, 0.717) is 22.8 Å². The minimum atomic E-state index is -0.0330. The number of halogens is 2. The Morgan fingerprint density at radius 3 is 2.53 bits per heavy atom. The number of amides is 1. The summed E-state index contributed by atoms with van der Waals surface area (Å²) in [7, 11) is 0. The summed E-state index contributed by atoms with van der Waals surface area (Å²) < 4.78 is 0. The summed E-state index contributed by atoms with van der Waals surface area (Å²) in [4.78, 5) is 13.9. The maximum atomic E-state index is 12.1. The molecule has 0 saturated carbocycles. The average molecular weight is 277 g/mol. The van der Waals surface area contributed by atoms with Gasteiger partial charge in [0.05, 0.1) is 10.6 Å². The van der Waals surface area contributed by atoms with E-state index in [1.54, 1.807) is 23.1 Å². The number of hydrogen-bond donors (Lipinski definition) is 1. The zero-order valence-corrected chi connectivity index (χ0v) is 11.6. The van der Waals surface area contributed by atoms with Gasteiger partial charge in [0.1, 0.15) is 0 Å². The maximum Gasteiger partial charge on any atom is 0.255 e. The molecule has 1 aromatic carbocycles. The van der Waals surface area contributed by atoms with E-state index in [-0.39, 0.29) is 18.3 Å². The van der Waals surface area contributed by atoms with Gasteiger partial charge in [-0.15, -0.1) is 12.4 Å². The van der Waals surface area contributed by atoms with Gasteiger partial charge in [0, 0.05) is 18.8 Å². The highest BCUT2D eigenvalue weighted by Gasteiger charge is 2.16. The topological polar surface area (TPSA) is 46.3 Å². The molecule has 1 amide bonds. The molecule has 0 aliphatic carbocycles. The lowest BCUT2D eigenvalue weighted by Crippen LogP contribution is -2.31. The fraction of sp³-hybridized carbons (Fsp3) is 0.417. The molecule has 0 aliphatic heterocycles. The summed E-state index contributed by atoms with van der Waals surface area (Å²) in [5.41, 5.74) is 6.67. The normalized spacial score (nSPS) is 9.59. The summed E-state index contributed by atoms with van der Waals surface area (Å²) in [5, 5.41) is 0.416. The van der Waals surface area contributed by atoms with Crippen molar-refractivity contribution in [2.75, 3.05) is 18.8 Å². The number of benzene rings is 1. The Morgan fingerprint density at radius 2 is 2.06 bits per heavy atom. The van der Waals surface area contributed by atoms with Gasteiger partial charge in [-0.3, -0.25) is 4.79 Å². The number of hydrogen-bond acceptors (Lipinski definition) is 2. The van der Waals surface area contributed by atoms with Crippen molar-refractivity contribution in [1.82, 2.24) is 4.90 Å². The summed E-state index contributed by atoms with van der Waals surface area (Å²) in [6, 6.07) is 4.98. The van der Waals surface area contributed by atoms with Crippen molar-refractivity contribution in [1.29, 1.82) is 0 Å². The molecular weight excluding hydrogens is 259 g/mol. The molecule has 0 spiro atoms. The van der Waals surface area contributed by atoms with Crippen LogP contribution in [0.1, 0.15) is 30.6 Å². The lowest BCUT2D eigenvalue weighted by atomic mass is 10.1. The van der Waals surface area contributed by atoms with Gasteiger partial charge < -0.3 is 10.6 Å². The number of rotatable bonds is 4. The van der Waals surface area contributed by atoms with Gasteiger partial charge in [0.2, 0.25) is 0 Å². The molecule has 17 heavy (non-hydrogen) atoms. The lowest BCUT2D eigenvalue weighted by molar-refractivity contribution is 0.0764. The van der Waals surface area contributed by atoms with E-state index in [9.17, 15) is 4.79 Å². The fourth-order valence-corrected chi connectivity index (χ4v) is 1.82. The van der Waals surface area contributed by atoms with E-state index in [4.69, 9.17) is 17.3 Å². The van der Waals surface area contributed by atoms with Crippen LogP contribution in [0, 0.1) is 0 Å². The Hall–Kier alpha value is -0.930. The monoisotopic (exact) mass is 276 g/mol. The molecule has 1 aromatic rings. The van der Waals surface area contributed by atoms with Crippen LogP contribution in [-0.4, -0.2) is 23.9 Å². The van der Waals surface area contributed by atoms with Crippen molar-refractivity contribution in [2.45, 2.75) is 20.3 Å². The second kappa shape index (κ2) is 7.41. The fourth-order valence-electron chi connectivity index (χ4n) is 1.55. The minimum absolute atomic E-state index is 0. The van der Waals surface area contributed by atoms with Crippen molar-refractivity contribution >= 4 is 35.6 Å². The Morgan fingerprint density at radius 1 is 1.41 bits per heavy atom. The SMILES string of the molecule is CCCN(CC)C(=O)c1ccc(N)cc1Cl.Cl. The Kier molecular flexibility index (Phi) is 7.00. The Balaban J connectivity index is 0.00000256. The number of nitrogen functional groups attached to an aromatic ring is 1. The first-order chi connectivity index (χ1) is 7.60. The number of anilines is 1. The highest BCUT2D eigenvalue weighted by molar-refractivity contribution is 6.34. The van der Waals surface area contributed by atoms with Gasteiger partial charge in [-0.05, 0) is 31.5 Å². The summed E-state index contributed by atoms with van der Waals surface area (Å²) in [6.45, 7) is 5.43. The van der Waals surface area contributed by atoms with Gasteiger partial charge in [-0.25, -0.2) is 0 Å². The molecule has 0 fully saturated rings. The van der Waals surface area contributed by atoms with Crippen LogP contribution >= 0.6 is 24.0 Å². The van der Waals surface area contributed by atoms with Gasteiger partial charge in [-0.1, -0.05) is 18.5 Å². The van der Waals surface area contributed by atoms with Gasteiger partial charge in [-0.2, -0.15) is 0 Å². The number of carbonyl (C=O) groups excluding carboxylic acids is 1. The number of nitrogens with zero attached hydrogens (tertiary/aromatic N) is 1. The predicted molar refractivity (Wildman–Crippen MR) is 75.0 cm³/mol. The molecule has 0 saturated heterocycles. The van der Waals surface area contributed by atoms with Crippen molar-refractivity contribution in [3.8, 4) is 0 Å². The van der Waals surface area contributed by atoms with E-state index >= 15 is 0 Å². The third-order valence-electron chi connectivity index (χ3n) is 2.39. The molecule has 1 rings (SSSR count). The van der Waals surface area contributed by atoms with Crippen LogP contribution in [0.4, 0.5) is 5.69 Å². The van der Waals surface area contributed by atoms with E-state index in [1.165, 1.54) is 0 Å². The van der Waals surface area contributed by atoms with Gasteiger partial charge in [0.15, 0.2) is 0 Å². The molecule has 2 N–H and O–H groups in total. The first-order valence-corrected chi connectivity index (χ1v) is 5.82. The highest BCUT2D eigenvalue weighted by Crippen LogP contribution is 2.20. The number of nitrogens with two attached hydrogens (primary N) is 1. The zero-order chi connectivity index (χ0) is 12.1. The quantitative estimate of drug-likeness (QED) is 0.859. The van der Waals surface area contributed by atoms with E-state index in [1.807, 2.05) is 13.8 Å². The standard InChI is InChI=1S/C12H17ClN2O.ClH/c1-3-7-15(4-2)12(16)10-6-5-9(14)8-11(10)13;/h5-6,8H,3-4,7,14H2,1-2H3;1H. The third-order valence-corrected chi connectivity index (χ3v) is 2.70. The second-order valence-electron chi connectivity index (χ2n) is 3.62. The van der Waals surface area contributed by atoms with Crippen LogP contribution < -0.4 is 5.73 Å². The first-order valence-electron chi connectivity index (χ1n) is 5.44. The third kappa shape index (κ3) is 4.10. The van der Waals surface area contributed by atoms with Crippen molar-refractivity contribution < 1.29 is 4.79 Å². The lowest BCUT2D eigenvalue weighted by Gasteiger charge is -2.20. The largest absolute Gasteiger partial charge is 0.399 e. The molecular formula is C12H18Cl2N2O. The molecule has 5 heteroatoms. The highest BCUT2D eigenvalue weighted by atomic mass is 35.5. The summed E-state index contributed by atoms with van der Waals surface area (Å²) in [5.74, 6) is -0.0330. The maximum absolute atomic E-state index is 12.1. The van der Waals surface area contributed by atoms with Crippen molar-refractivity contribution in [3.63, 3.8) is 0 Å². The molecule has 0 aliphatic rings. The van der Waals surface area contributed by atoms with Crippen LogP contribution in [0.25, 0.3) is 0 Å². The van der Waals surface area contributed by atoms with Gasteiger partial charge >= 0.3 is 0 Å². The number of carbonyl (C=O) groups is 1. The minimum Gasteiger partial charge on any atom is -0.399 e. The zero-order valence-electron chi connectivity index (χ0n) is 10.1. The van der Waals surface area contributed by atoms with Crippen molar-refractivity contribution in [2.24, 2.45) is 0 Å². The van der Waals surface area contributed by atoms with E-state index in [2.05, 4.69) is 0 Å². The molecule has 0 atom stereocenters. The van der Waals surface area contributed by atoms with Crippen LogP contribution in [0.15, 0.2) is 18.2 Å². The van der Waals surface area contributed by atoms with Crippen LogP contribution in [0.3, 0.4) is 0 Å². The van der Waals surface area contributed by atoms with E-state index < -0.39 is 0 Å². The average Bonchev–Trinajstić information content (AvgIpc) is 2.25. The molecule has 0 unspecified atom stereocenters. The van der Waals surface area contributed by atoms with Crippen LogP contribution in [0.5, 0.6) is 0 Å². The summed E-state index contributed by atoms with van der Waals surface area (Å²) in [6.07, 6.45) is 0.937. The van der Waals surface area contributed by atoms with Crippen LogP contribution in [0.2, 0.25) is 5.02 Å². The first kappa shape index (κ1) is 16.1. The molecule has 0 bridgehead atoms. The smallest absolute Gasteiger partial charge is 0.255 e. The predicted octanol–water partition coefficient (Wildman–Crippen LogP) is 3.22. The molecule has 0 radical (unpaired) electrons.